The number of rotatable bonds is 4. The SMILES string of the molecule is CC(CN1CCCC1=O)NC(=O)[C@@H](C)N. The molecule has 1 rings (SSSR count). The van der Waals surface area contributed by atoms with Crippen LogP contribution in [0.1, 0.15) is 26.7 Å². The molecule has 3 N–H and O–H groups in total. The molecule has 1 fully saturated rings. The van der Waals surface area contributed by atoms with Crippen LogP contribution in [-0.2, 0) is 9.59 Å². The number of hydrogen-bond donors (Lipinski definition) is 2. The quantitative estimate of drug-likeness (QED) is 0.658. The van der Waals surface area contributed by atoms with E-state index in [0.717, 1.165) is 13.0 Å². The fourth-order valence-electron chi connectivity index (χ4n) is 1.65. The van der Waals surface area contributed by atoms with Gasteiger partial charge < -0.3 is 16.0 Å². The van der Waals surface area contributed by atoms with E-state index in [4.69, 9.17) is 5.73 Å². The Labute approximate surface area is 90.0 Å². The largest absolute Gasteiger partial charge is 0.351 e. The van der Waals surface area contributed by atoms with Gasteiger partial charge in [0.1, 0.15) is 0 Å². The first-order chi connectivity index (χ1) is 7.00. The summed E-state index contributed by atoms with van der Waals surface area (Å²) in [4.78, 5) is 24.4. The summed E-state index contributed by atoms with van der Waals surface area (Å²) in [5, 5.41) is 2.77. The third-order valence-electron chi connectivity index (χ3n) is 2.47. The molecular weight excluding hydrogens is 194 g/mol. The van der Waals surface area contributed by atoms with E-state index in [-0.39, 0.29) is 17.9 Å². The van der Waals surface area contributed by atoms with Crippen molar-refractivity contribution < 1.29 is 9.59 Å². The monoisotopic (exact) mass is 213 g/mol. The van der Waals surface area contributed by atoms with Gasteiger partial charge in [0, 0.05) is 25.6 Å². The maximum Gasteiger partial charge on any atom is 0.236 e. The van der Waals surface area contributed by atoms with Crippen LogP contribution in [0.5, 0.6) is 0 Å². The Bertz CT molecular complexity index is 253. The Balaban J connectivity index is 2.32. The zero-order chi connectivity index (χ0) is 11.4. The zero-order valence-corrected chi connectivity index (χ0v) is 9.32. The number of carbonyl (C=O) groups is 2. The van der Waals surface area contributed by atoms with Crippen molar-refractivity contribution in [3.8, 4) is 0 Å². The van der Waals surface area contributed by atoms with Gasteiger partial charge in [0.2, 0.25) is 11.8 Å². The van der Waals surface area contributed by atoms with E-state index in [9.17, 15) is 9.59 Å². The molecule has 0 aromatic heterocycles. The Hall–Kier alpha value is -1.10. The smallest absolute Gasteiger partial charge is 0.236 e. The number of carbonyl (C=O) groups excluding carboxylic acids is 2. The normalized spacial score (nSPS) is 20.2. The average Bonchev–Trinajstić information content (AvgIpc) is 2.51. The number of nitrogens with one attached hydrogen (secondary N) is 1. The maximum absolute atomic E-state index is 11.3. The molecule has 0 aromatic carbocycles. The zero-order valence-electron chi connectivity index (χ0n) is 9.32. The van der Waals surface area contributed by atoms with Gasteiger partial charge in [-0.1, -0.05) is 0 Å². The second-order valence-electron chi connectivity index (χ2n) is 4.14. The minimum atomic E-state index is -0.498. The van der Waals surface area contributed by atoms with Crippen LogP contribution >= 0.6 is 0 Å². The molecule has 1 aliphatic heterocycles. The van der Waals surface area contributed by atoms with E-state index in [1.165, 1.54) is 0 Å². The summed E-state index contributed by atoms with van der Waals surface area (Å²) in [6.07, 6.45) is 1.56. The Morgan fingerprint density at radius 1 is 1.60 bits per heavy atom. The molecule has 5 nitrogen and oxygen atoms in total. The van der Waals surface area contributed by atoms with Crippen molar-refractivity contribution in [1.29, 1.82) is 0 Å². The molecule has 1 heterocycles. The fourth-order valence-corrected chi connectivity index (χ4v) is 1.65. The second-order valence-corrected chi connectivity index (χ2v) is 4.14. The van der Waals surface area contributed by atoms with Gasteiger partial charge >= 0.3 is 0 Å². The van der Waals surface area contributed by atoms with Crippen molar-refractivity contribution >= 4 is 11.8 Å². The topological polar surface area (TPSA) is 75.4 Å². The summed E-state index contributed by atoms with van der Waals surface area (Å²) in [5.74, 6) is 0.00559. The number of amides is 2. The molecule has 0 aromatic rings. The molecule has 2 amide bonds. The van der Waals surface area contributed by atoms with Crippen LogP contribution < -0.4 is 11.1 Å². The summed E-state index contributed by atoms with van der Waals surface area (Å²) in [6, 6.07) is -0.535. The van der Waals surface area contributed by atoms with Gasteiger partial charge in [0.05, 0.1) is 6.04 Å². The van der Waals surface area contributed by atoms with Crippen molar-refractivity contribution in [3.63, 3.8) is 0 Å². The lowest BCUT2D eigenvalue weighted by atomic mass is 10.2. The third kappa shape index (κ3) is 3.51. The molecule has 86 valence electrons. The third-order valence-corrected chi connectivity index (χ3v) is 2.47. The standard InChI is InChI=1S/C10H19N3O2/c1-7(12-10(15)8(2)11)6-13-5-3-4-9(13)14/h7-8H,3-6,11H2,1-2H3,(H,12,15)/t7?,8-/m1/s1. The van der Waals surface area contributed by atoms with Gasteiger partial charge in [-0.05, 0) is 20.3 Å². The molecule has 2 atom stereocenters. The highest BCUT2D eigenvalue weighted by molar-refractivity contribution is 5.81. The molecule has 0 radical (unpaired) electrons. The first kappa shape index (κ1) is 12.0. The Morgan fingerprint density at radius 2 is 2.27 bits per heavy atom. The van der Waals surface area contributed by atoms with Gasteiger partial charge in [0.25, 0.3) is 0 Å². The number of nitrogens with two attached hydrogens (primary N) is 1. The molecular formula is C10H19N3O2. The lowest BCUT2D eigenvalue weighted by molar-refractivity contribution is -0.129. The molecule has 1 aliphatic rings. The van der Waals surface area contributed by atoms with E-state index >= 15 is 0 Å². The van der Waals surface area contributed by atoms with E-state index in [1.807, 2.05) is 6.92 Å². The molecule has 0 bridgehead atoms. The Kier molecular flexibility index (Phi) is 4.08. The maximum atomic E-state index is 11.3. The lowest BCUT2D eigenvalue weighted by Gasteiger charge is -2.22. The summed E-state index contributed by atoms with van der Waals surface area (Å²) < 4.78 is 0. The summed E-state index contributed by atoms with van der Waals surface area (Å²) in [5.41, 5.74) is 5.43. The van der Waals surface area contributed by atoms with Crippen LogP contribution in [0.3, 0.4) is 0 Å². The summed E-state index contributed by atoms with van der Waals surface area (Å²) in [7, 11) is 0. The first-order valence-electron chi connectivity index (χ1n) is 5.34. The van der Waals surface area contributed by atoms with Gasteiger partial charge in [-0.25, -0.2) is 0 Å². The predicted molar refractivity (Wildman–Crippen MR) is 57.1 cm³/mol. The van der Waals surface area contributed by atoms with Crippen LogP contribution in [0.25, 0.3) is 0 Å². The summed E-state index contributed by atoms with van der Waals surface area (Å²) in [6.45, 7) is 4.91. The van der Waals surface area contributed by atoms with E-state index < -0.39 is 6.04 Å². The first-order valence-corrected chi connectivity index (χ1v) is 5.34. The van der Waals surface area contributed by atoms with Crippen LogP contribution in [0.15, 0.2) is 0 Å². The van der Waals surface area contributed by atoms with E-state index in [2.05, 4.69) is 5.32 Å². The van der Waals surface area contributed by atoms with Crippen LogP contribution in [-0.4, -0.2) is 41.9 Å². The molecule has 0 spiro atoms. The highest BCUT2D eigenvalue weighted by atomic mass is 16.2. The van der Waals surface area contributed by atoms with Crippen LogP contribution in [0, 0.1) is 0 Å². The fraction of sp³-hybridized carbons (Fsp3) is 0.800. The molecule has 1 saturated heterocycles. The molecule has 0 aliphatic carbocycles. The van der Waals surface area contributed by atoms with Gasteiger partial charge in [-0.2, -0.15) is 0 Å². The number of nitrogens with zero attached hydrogens (tertiary/aromatic N) is 1. The highest BCUT2D eigenvalue weighted by Crippen LogP contribution is 2.09. The molecule has 15 heavy (non-hydrogen) atoms. The van der Waals surface area contributed by atoms with Crippen molar-refractivity contribution in [3.05, 3.63) is 0 Å². The molecule has 0 saturated carbocycles. The van der Waals surface area contributed by atoms with Crippen LogP contribution in [0.2, 0.25) is 0 Å². The minimum Gasteiger partial charge on any atom is -0.351 e. The average molecular weight is 213 g/mol. The van der Waals surface area contributed by atoms with Crippen molar-refractivity contribution in [2.45, 2.75) is 38.8 Å². The second kappa shape index (κ2) is 5.11. The predicted octanol–water partition coefficient (Wildman–Crippen LogP) is -0.539. The van der Waals surface area contributed by atoms with Gasteiger partial charge in [0.15, 0.2) is 0 Å². The van der Waals surface area contributed by atoms with Gasteiger partial charge in [-0.3, -0.25) is 9.59 Å². The van der Waals surface area contributed by atoms with E-state index in [1.54, 1.807) is 11.8 Å². The van der Waals surface area contributed by atoms with E-state index in [0.29, 0.717) is 13.0 Å². The Morgan fingerprint density at radius 3 is 2.73 bits per heavy atom. The van der Waals surface area contributed by atoms with Crippen molar-refractivity contribution in [1.82, 2.24) is 10.2 Å². The van der Waals surface area contributed by atoms with Crippen molar-refractivity contribution in [2.24, 2.45) is 5.73 Å². The number of hydrogen-bond acceptors (Lipinski definition) is 3. The highest BCUT2D eigenvalue weighted by Gasteiger charge is 2.22. The van der Waals surface area contributed by atoms with Crippen LogP contribution in [0.4, 0.5) is 0 Å². The lowest BCUT2D eigenvalue weighted by Crippen LogP contribution is -2.47. The van der Waals surface area contributed by atoms with Crippen molar-refractivity contribution in [2.75, 3.05) is 13.1 Å². The molecule has 5 heteroatoms. The number of likely N-dealkylation sites (tertiary alicyclic amines) is 1. The van der Waals surface area contributed by atoms with Gasteiger partial charge in [-0.15, -0.1) is 0 Å². The molecule has 1 unspecified atom stereocenters. The minimum absolute atomic E-state index is 0.0365. The summed E-state index contributed by atoms with van der Waals surface area (Å²) >= 11 is 0.